The van der Waals surface area contributed by atoms with Crippen molar-refractivity contribution in [2.45, 2.75) is 25.8 Å². The van der Waals surface area contributed by atoms with E-state index in [9.17, 15) is 0 Å². The molecule has 3 heteroatoms. The van der Waals surface area contributed by atoms with Gasteiger partial charge in [0, 0.05) is 18.4 Å². The average molecular weight is 177 g/mol. The number of aromatic nitrogens is 1. The first kappa shape index (κ1) is 8.66. The van der Waals surface area contributed by atoms with Crippen molar-refractivity contribution in [1.82, 2.24) is 10.4 Å². The van der Waals surface area contributed by atoms with Crippen LogP contribution in [0.1, 0.15) is 30.0 Å². The Morgan fingerprint density at radius 1 is 1.62 bits per heavy atom. The highest BCUT2D eigenvalue weighted by Gasteiger charge is 2.32. The molecule has 0 saturated heterocycles. The lowest BCUT2D eigenvalue weighted by atomic mass is 10.0. The number of nitrogens with two attached hydrogens (primary N) is 1. The monoisotopic (exact) mass is 177 g/mol. The Morgan fingerprint density at radius 2 is 2.38 bits per heavy atom. The van der Waals surface area contributed by atoms with Gasteiger partial charge in [0.25, 0.3) is 0 Å². The normalized spacial score (nSPS) is 18.6. The van der Waals surface area contributed by atoms with E-state index >= 15 is 0 Å². The van der Waals surface area contributed by atoms with E-state index in [4.69, 9.17) is 5.84 Å². The van der Waals surface area contributed by atoms with Gasteiger partial charge < -0.3 is 0 Å². The third-order valence-electron chi connectivity index (χ3n) is 2.67. The van der Waals surface area contributed by atoms with Crippen LogP contribution in [-0.2, 0) is 0 Å². The Balaban J connectivity index is 2.26. The third kappa shape index (κ3) is 1.71. The zero-order valence-corrected chi connectivity index (χ0v) is 7.83. The second kappa shape index (κ2) is 3.44. The maximum atomic E-state index is 5.54. The lowest BCUT2D eigenvalue weighted by molar-refractivity contribution is 0.494. The maximum absolute atomic E-state index is 5.54. The van der Waals surface area contributed by atoms with Gasteiger partial charge in [0.2, 0.25) is 0 Å². The summed E-state index contributed by atoms with van der Waals surface area (Å²) in [6.07, 6.45) is 6.30. The predicted octanol–water partition coefficient (Wildman–Crippen LogP) is 1.30. The van der Waals surface area contributed by atoms with E-state index in [1.807, 2.05) is 12.4 Å². The maximum Gasteiger partial charge on any atom is 0.0491 e. The fourth-order valence-electron chi connectivity index (χ4n) is 1.74. The van der Waals surface area contributed by atoms with Crippen molar-refractivity contribution >= 4 is 0 Å². The van der Waals surface area contributed by atoms with Crippen molar-refractivity contribution < 1.29 is 0 Å². The Kier molecular flexibility index (Phi) is 2.29. The number of nitrogens with one attached hydrogen (secondary N) is 1. The minimum Gasteiger partial charge on any atom is -0.271 e. The van der Waals surface area contributed by atoms with Crippen LogP contribution in [0.2, 0.25) is 0 Å². The van der Waals surface area contributed by atoms with Crippen LogP contribution >= 0.6 is 0 Å². The first-order valence-electron chi connectivity index (χ1n) is 4.69. The van der Waals surface area contributed by atoms with Crippen LogP contribution in [0.15, 0.2) is 18.5 Å². The Bertz CT molecular complexity index is 294. The minimum absolute atomic E-state index is 0.322. The van der Waals surface area contributed by atoms with Gasteiger partial charge in [-0.2, -0.15) is 0 Å². The molecule has 1 aliphatic carbocycles. The highest BCUT2D eigenvalue weighted by molar-refractivity contribution is 5.26. The number of pyridine rings is 1. The summed E-state index contributed by atoms with van der Waals surface area (Å²) in [5, 5.41) is 0. The van der Waals surface area contributed by atoms with Crippen LogP contribution < -0.4 is 11.3 Å². The number of nitrogens with zero attached hydrogens (tertiary/aromatic N) is 1. The Morgan fingerprint density at radius 3 is 2.92 bits per heavy atom. The molecule has 1 aromatic heterocycles. The lowest BCUT2D eigenvalue weighted by Gasteiger charge is -2.17. The topological polar surface area (TPSA) is 50.9 Å². The van der Waals surface area contributed by atoms with Crippen LogP contribution in [0, 0.1) is 12.8 Å². The summed E-state index contributed by atoms with van der Waals surface area (Å²) < 4.78 is 0. The molecule has 3 nitrogen and oxygen atoms in total. The zero-order chi connectivity index (χ0) is 9.26. The number of rotatable bonds is 3. The summed E-state index contributed by atoms with van der Waals surface area (Å²) in [4.78, 5) is 4.07. The summed E-state index contributed by atoms with van der Waals surface area (Å²) in [7, 11) is 0. The van der Waals surface area contributed by atoms with Crippen LogP contribution in [-0.4, -0.2) is 4.98 Å². The summed E-state index contributed by atoms with van der Waals surface area (Å²) in [5.41, 5.74) is 5.40. The molecule has 0 amide bonds. The van der Waals surface area contributed by atoms with Crippen LogP contribution in [0.5, 0.6) is 0 Å². The van der Waals surface area contributed by atoms with Gasteiger partial charge in [0.15, 0.2) is 0 Å². The highest BCUT2D eigenvalue weighted by Crippen LogP contribution is 2.41. The zero-order valence-electron chi connectivity index (χ0n) is 7.83. The second-order valence-electron chi connectivity index (χ2n) is 3.71. The van der Waals surface area contributed by atoms with Crippen molar-refractivity contribution in [2.24, 2.45) is 11.8 Å². The first-order valence-corrected chi connectivity index (χ1v) is 4.69. The van der Waals surface area contributed by atoms with Gasteiger partial charge in [-0.25, -0.2) is 0 Å². The number of aryl methyl sites for hydroxylation is 1. The molecule has 0 radical (unpaired) electrons. The highest BCUT2D eigenvalue weighted by atomic mass is 15.2. The van der Waals surface area contributed by atoms with Crippen molar-refractivity contribution in [1.29, 1.82) is 0 Å². The molecule has 0 aliphatic heterocycles. The van der Waals surface area contributed by atoms with Gasteiger partial charge in [-0.3, -0.25) is 16.3 Å². The summed E-state index contributed by atoms with van der Waals surface area (Å²) in [6.45, 7) is 2.08. The Hall–Kier alpha value is -0.930. The molecule has 1 heterocycles. The molecule has 0 bridgehead atoms. The van der Waals surface area contributed by atoms with Gasteiger partial charge >= 0.3 is 0 Å². The molecule has 70 valence electrons. The fourth-order valence-corrected chi connectivity index (χ4v) is 1.74. The number of hydrazine groups is 1. The predicted molar refractivity (Wildman–Crippen MR) is 51.8 cm³/mol. The van der Waals surface area contributed by atoms with Crippen molar-refractivity contribution in [2.75, 3.05) is 0 Å². The molecule has 1 atom stereocenters. The molecular weight excluding hydrogens is 162 g/mol. The van der Waals surface area contributed by atoms with E-state index in [2.05, 4.69) is 23.4 Å². The van der Waals surface area contributed by atoms with Gasteiger partial charge in [0.1, 0.15) is 0 Å². The number of hydrogen-bond acceptors (Lipinski definition) is 3. The van der Waals surface area contributed by atoms with Crippen LogP contribution in [0.3, 0.4) is 0 Å². The van der Waals surface area contributed by atoms with Crippen LogP contribution in [0.25, 0.3) is 0 Å². The SMILES string of the molecule is Cc1cnccc1C(NN)C1CC1. The van der Waals surface area contributed by atoms with E-state index in [-0.39, 0.29) is 0 Å². The number of hydrogen-bond donors (Lipinski definition) is 2. The molecule has 1 fully saturated rings. The molecule has 3 N–H and O–H groups in total. The van der Waals surface area contributed by atoms with Gasteiger partial charge in [-0.1, -0.05) is 0 Å². The van der Waals surface area contributed by atoms with E-state index in [0.717, 1.165) is 5.92 Å². The quantitative estimate of drug-likeness (QED) is 0.540. The molecule has 2 rings (SSSR count). The Labute approximate surface area is 78.3 Å². The molecule has 0 aromatic carbocycles. The van der Waals surface area contributed by atoms with Crippen molar-refractivity contribution in [3.8, 4) is 0 Å². The first-order chi connectivity index (χ1) is 6.33. The lowest BCUT2D eigenvalue weighted by Crippen LogP contribution is -2.29. The third-order valence-corrected chi connectivity index (χ3v) is 2.67. The molecule has 0 spiro atoms. The summed E-state index contributed by atoms with van der Waals surface area (Å²) >= 11 is 0. The largest absolute Gasteiger partial charge is 0.271 e. The molecule has 1 aliphatic rings. The molecule has 1 aromatic rings. The van der Waals surface area contributed by atoms with Crippen LogP contribution in [0.4, 0.5) is 0 Å². The molecule has 1 unspecified atom stereocenters. The summed E-state index contributed by atoms with van der Waals surface area (Å²) in [6, 6.07) is 2.38. The molecule has 13 heavy (non-hydrogen) atoms. The van der Waals surface area contributed by atoms with E-state index in [0.29, 0.717) is 6.04 Å². The standard InChI is InChI=1S/C10H15N3/c1-7-6-12-5-4-9(7)10(13-11)8-2-3-8/h4-6,8,10,13H,2-3,11H2,1H3. The molecule has 1 saturated carbocycles. The second-order valence-corrected chi connectivity index (χ2v) is 3.71. The smallest absolute Gasteiger partial charge is 0.0491 e. The van der Waals surface area contributed by atoms with E-state index in [1.54, 1.807) is 0 Å². The van der Waals surface area contributed by atoms with E-state index in [1.165, 1.54) is 24.0 Å². The van der Waals surface area contributed by atoms with Gasteiger partial charge in [0.05, 0.1) is 0 Å². The summed E-state index contributed by atoms with van der Waals surface area (Å²) in [5.74, 6) is 6.27. The average Bonchev–Trinajstić information content (AvgIpc) is 2.93. The minimum atomic E-state index is 0.322. The van der Waals surface area contributed by atoms with E-state index < -0.39 is 0 Å². The van der Waals surface area contributed by atoms with Crippen molar-refractivity contribution in [3.63, 3.8) is 0 Å². The fraction of sp³-hybridized carbons (Fsp3) is 0.500. The molecular formula is C10H15N3. The van der Waals surface area contributed by atoms with Gasteiger partial charge in [-0.05, 0) is 42.9 Å². The van der Waals surface area contributed by atoms with Crippen molar-refractivity contribution in [3.05, 3.63) is 29.6 Å². The van der Waals surface area contributed by atoms with Gasteiger partial charge in [-0.15, -0.1) is 0 Å².